The molecule has 2 N–H and O–H groups in total. The van der Waals surface area contributed by atoms with Gasteiger partial charge in [-0.15, -0.1) is 0 Å². The minimum absolute atomic E-state index is 0.0182. The van der Waals surface area contributed by atoms with E-state index in [1.807, 2.05) is 6.07 Å². The van der Waals surface area contributed by atoms with Crippen LogP contribution in [0.15, 0.2) is 30.5 Å². The molecule has 1 aromatic heterocycles. The summed E-state index contributed by atoms with van der Waals surface area (Å²) in [6.07, 6.45) is 2.48. The van der Waals surface area contributed by atoms with E-state index >= 15 is 4.39 Å². The SMILES string of the molecule is CC(C)(C)OC(=O)N1CCC(C(C)(O)c2cc(F)c3c(c2)C(=O)N(Cc2ccc(C#N)cn2)C3OCC2(CO)CC2)CC1. The van der Waals surface area contributed by atoms with E-state index in [1.54, 1.807) is 50.8 Å². The fraction of sp³-hybridized carbons (Fsp3) is 0.562. The Morgan fingerprint density at radius 2 is 1.91 bits per heavy atom. The molecular formula is C32H39FN4O6. The summed E-state index contributed by atoms with van der Waals surface area (Å²) in [5, 5.41) is 30.6. The van der Waals surface area contributed by atoms with Gasteiger partial charge in [0.15, 0.2) is 6.23 Å². The molecule has 0 radical (unpaired) electrons. The van der Waals surface area contributed by atoms with E-state index in [2.05, 4.69) is 4.98 Å². The molecule has 230 valence electrons. The van der Waals surface area contributed by atoms with Crippen molar-refractivity contribution in [1.82, 2.24) is 14.8 Å². The molecule has 11 heteroatoms. The molecule has 1 saturated carbocycles. The number of carbonyl (C=O) groups is 2. The summed E-state index contributed by atoms with van der Waals surface area (Å²) in [5.41, 5.74) is -1.12. The molecule has 2 aromatic rings. The smallest absolute Gasteiger partial charge is 0.410 e. The van der Waals surface area contributed by atoms with Crippen LogP contribution in [0.2, 0.25) is 0 Å². The van der Waals surface area contributed by atoms with Gasteiger partial charge in [-0.2, -0.15) is 5.26 Å². The number of pyridine rings is 1. The summed E-state index contributed by atoms with van der Waals surface area (Å²) in [6.45, 7) is 7.92. The topological polar surface area (TPSA) is 136 Å². The normalized spacial score (nSPS) is 21.3. The molecule has 3 heterocycles. The number of aliphatic hydroxyl groups is 2. The summed E-state index contributed by atoms with van der Waals surface area (Å²) in [6, 6.07) is 8.06. The fourth-order valence-electron chi connectivity index (χ4n) is 5.81. The predicted octanol–water partition coefficient (Wildman–Crippen LogP) is 4.39. The number of nitrogens with zero attached hydrogens (tertiary/aromatic N) is 4. The molecule has 2 amide bonds. The van der Waals surface area contributed by atoms with Crippen LogP contribution in [0.1, 0.15) is 92.3 Å². The van der Waals surface area contributed by atoms with Gasteiger partial charge in [0.1, 0.15) is 17.5 Å². The minimum atomic E-state index is -1.47. The maximum atomic E-state index is 16.0. The van der Waals surface area contributed by atoms with Crippen LogP contribution in [0.5, 0.6) is 0 Å². The first-order chi connectivity index (χ1) is 20.3. The first kappa shape index (κ1) is 30.9. The summed E-state index contributed by atoms with van der Waals surface area (Å²) in [4.78, 5) is 33.6. The molecule has 2 atom stereocenters. The van der Waals surface area contributed by atoms with Crippen LogP contribution < -0.4 is 0 Å². The van der Waals surface area contributed by atoms with Gasteiger partial charge in [0.2, 0.25) is 0 Å². The molecular weight excluding hydrogens is 555 g/mol. The lowest BCUT2D eigenvalue weighted by molar-refractivity contribution is -0.0676. The molecule has 10 nitrogen and oxygen atoms in total. The number of halogens is 1. The maximum absolute atomic E-state index is 16.0. The average molecular weight is 595 g/mol. The zero-order valence-corrected chi connectivity index (χ0v) is 25.1. The van der Waals surface area contributed by atoms with Crippen molar-refractivity contribution in [1.29, 1.82) is 5.26 Å². The van der Waals surface area contributed by atoms with E-state index in [-0.39, 0.29) is 42.4 Å². The van der Waals surface area contributed by atoms with E-state index < -0.39 is 40.7 Å². The van der Waals surface area contributed by atoms with E-state index in [4.69, 9.17) is 14.7 Å². The molecule has 2 aliphatic heterocycles. The molecule has 1 aromatic carbocycles. The minimum Gasteiger partial charge on any atom is -0.444 e. The molecule has 2 unspecified atom stereocenters. The average Bonchev–Trinajstić information content (AvgIpc) is 3.71. The van der Waals surface area contributed by atoms with Crippen molar-refractivity contribution >= 4 is 12.0 Å². The second-order valence-electron chi connectivity index (χ2n) is 13.2. The number of hydrogen-bond acceptors (Lipinski definition) is 8. The highest BCUT2D eigenvalue weighted by Gasteiger charge is 2.47. The van der Waals surface area contributed by atoms with Crippen molar-refractivity contribution in [2.75, 3.05) is 26.3 Å². The van der Waals surface area contributed by atoms with Gasteiger partial charge in [0.05, 0.1) is 42.2 Å². The Labute approximate surface area is 251 Å². The lowest BCUT2D eigenvalue weighted by Crippen LogP contribution is -2.46. The number of aromatic nitrogens is 1. The lowest BCUT2D eigenvalue weighted by Gasteiger charge is -2.40. The van der Waals surface area contributed by atoms with Crippen molar-refractivity contribution in [3.63, 3.8) is 0 Å². The van der Waals surface area contributed by atoms with E-state index in [9.17, 15) is 19.8 Å². The summed E-state index contributed by atoms with van der Waals surface area (Å²) in [5.74, 6) is -1.41. The van der Waals surface area contributed by atoms with Gasteiger partial charge in [-0.25, -0.2) is 9.18 Å². The predicted molar refractivity (Wildman–Crippen MR) is 153 cm³/mol. The Kier molecular flexibility index (Phi) is 8.24. The number of hydrogen-bond donors (Lipinski definition) is 2. The van der Waals surface area contributed by atoms with Crippen molar-refractivity contribution in [3.8, 4) is 6.07 Å². The van der Waals surface area contributed by atoms with Crippen molar-refractivity contribution in [3.05, 3.63) is 64.2 Å². The van der Waals surface area contributed by atoms with Crippen LogP contribution in [-0.2, 0) is 21.6 Å². The van der Waals surface area contributed by atoms with Crippen LogP contribution >= 0.6 is 0 Å². The number of fused-ring (bicyclic) bond motifs is 1. The Balaban J connectivity index is 1.39. The molecule has 0 spiro atoms. The number of likely N-dealkylation sites (tertiary alicyclic amines) is 1. The Morgan fingerprint density at radius 3 is 2.47 bits per heavy atom. The molecule has 3 aliphatic rings. The summed E-state index contributed by atoms with van der Waals surface area (Å²) >= 11 is 0. The van der Waals surface area contributed by atoms with Crippen LogP contribution in [0.3, 0.4) is 0 Å². The highest BCUT2D eigenvalue weighted by molar-refractivity contribution is 5.99. The second kappa shape index (κ2) is 11.5. The van der Waals surface area contributed by atoms with Crippen molar-refractivity contribution in [2.45, 2.75) is 77.4 Å². The van der Waals surface area contributed by atoms with E-state index in [0.717, 1.165) is 12.8 Å². The molecule has 0 bridgehead atoms. The number of nitriles is 1. The first-order valence-electron chi connectivity index (χ1n) is 14.7. The standard InChI is InChI=1S/C32H39FN4O6/c1-30(2,3)43-29(40)36-11-7-21(8-12-36)31(4,41)22-13-24-26(25(33)14-22)28(42-19-32(18-38)9-10-32)37(27(24)39)17-23-6-5-20(15-34)16-35-23/h5-6,13-14,16,21,28,38,41H,7-12,17-19H2,1-4H3. The summed E-state index contributed by atoms with van der Waals surface area (Å²) < 4.78 is 27.6. The molecule has 1 aliphatic carbocycles. The number of aliphatic hydroxyl groups excluding tert-OH is 1. The van der Waals surface area contributed by atoms with Crippen LogP contribution in [-0.4, -0.2) is 68.9 Å². The molecule has 43 heavy (non-hydrogen) atoms. The lowest BCUT2D eigenvalue weighted by atomic mass is 9.76. The zero-order chi connectivity index (χ0) is 31.2. The van der Waals surface area contributed by atoms with Crippen LogP contribution in [0.4, 0.5) is 9.18 Å². The maximum Gasteiger partial charge on any atom is 0.410 e. The number of rotatable bonds is 8. The Morgan fingerprint density at radius 1 is 1.21 bits per heavy atom. The largest absolute Gasteiger partial charge is 0.444 e. The Hall–Kier alpha value is -3.59. The monoisotopic (exact) mass is 594 g/mol. The number of piperidine rings is 1. The van der Waals surface area contributed by atoms with Gasteiger partial charge in [-0.1, -0.05) is 0 Å². The third kappa shape index (κ3) is 6.37. The fourth-order valence-corrected chi connectivity index (χ4v) is 5.81. The number of ether oxygens (including phenoxy) is 2. The number of benzene rings is 1. The first-order valence-corrected chi connectivity index (χ1v) is 14.7. The van der Waals surface area contributed by atoms with E-state index in [1.165, 1.54) is 17.2 Å². The highest BCUT2D eigenvalue weighted by atomic mass is 19.1. The Bertz CT molecular complexity index is 1420. The van der Waals surface area contributed by atoms with Gasteiger partial charge in [0, 0.05) is 30.3 Å². The third-order valence-electron chi connectivity index (χ3n) is 8.80. The highest BCUT2D eigenvalue weighted by Crippen LogP contribution is 2.48. The zero-order valence-electron chi connectivity index (χ0n) is 25.1. The third-order valence-corrected chi connectivity index (χ3v) is 8.80. The van der Waals surface area contributed by atoms with Crippen LogP contribution in [0.25, 0.3) is 0 Å². The molecule has 2 fully saturated rings. The van der Waals surface area contributed by atoms with Gasteiger partial charge in [-0.05, 0) is 89.1 Å². The van der Waals surface area contributed by atoms with Crippen molar-refractivity contribution in [2.24, 2.45) is 11.3 Å². The quantitative estimate of drug-likeness (QED) is 0.459. The van der Waals surface area contributed by atoms with Crippen LogP contribution in [0, 0.1) is 28.5 Å². The molecule has 5 rings (SSSR count). The van der Waals surface area contributed by atoms with Gasteiger partial charge >= 0.3 is 6.09 Å². The second-order valence-corrected chi connectivity index (χ2v) is 13.2. The van der Waals surface area contributed by atoms with Crippen molar-refractivity contribution < 1.29 is 33.7 Å². The van der Waals surface area contributed by atoms with Gasteiger partial charge in [-0.3, -0.25) is 9.78 Å². The van der Waals surface area contributed by atoms with Gasteiger partial charge < -0.3 is 29.5 Å². The number of carbonyl (C=O) groups excluding carboxylic acids is 2. The molecule has 1 saturated heterocycles. The number of amides is 2. The van der Waals surface area contributed by atoms with E-state index in [0.29, 0.717) is 37.2 Å². The van der Waals surface area contributed by atoms with Gasteiger partial charge in [0.25, 0.3) is 5.91 Å². The summed E-state index contributed by atoms with van der Waals surface area (Å²) in [7, 11) is 0.